The van der Waals surface area contributed by atoms with Crippen molar-refractivity contribution in [2.75, 3.05) is 0 Å². The first-order chi connectivity index (χ1) is 7.66. The Kier molecular flexibility index (Phi) is 3.72. The molecule has 16 heavy (non-hydrogen) atoms. The lowest BCUT2D eigenvalue weighted by atomic mass is 10.2. The highest BCUT2D eigenvalue weighted by molar-refractivity contribution is 8.03. The van der Waals surface area contributed by atoms with E-state index in [1.54, 1.807) is 0 Å². The third kappa shape index (κ3) is 3.13. The average molecular weight is 234 g/mol. The van der Waals surface area contributed by atoms with Crippen LogP contribution in [0, 0.1) is 5.92 Å². The first-order valence-corrected chi connectivity index (χ1v) is 6.58. The summed E-state index contributed by atoms with van der Waals surface area (Å²) in [5, 5.41) is 0. The fraction of sp³-hybridized carbons (Fsp3) is 0.429. The monoisotopic (exact) mass is 234 g/mol. The van der Waals surface area contributed by atoms with Gasteiger partial charge in [-0.05, 0) is 25.0 Å². The molecule has 2 rings (SSSR count). The number of rotatable bonds is 4. The summed E-state index contributed by atoms with van der Waals surface area (Å²) in [5.41, 5.74) is 0. The van der Waals surface area contributed by atoms with Crippen molar-refractivity contribution in [3.05, 3.63) is 41.3 Å². The molecule has 1 aromatic carbocycles. The molecule has 86 valence electrons. The fourth-order valence-corrected chi connectivity index (χ4v) is 2.89. The minimum atomic E-state index is 0.326. The van der Waals surface area contributed by atoms with Gasteiger partial charge in [-0.15, -0.1) is 0 Å². The third-order valence-corrected chi connectivity index (χ3v) is 3.58. The van der Waals surface area contributed by atoms with E-state index in [4.69, 9.17) is 4.74 Å². The Bertz CT molecular complexity index is 370. The van der Waals surface area contributed by atoms with Crippen LogP contribution < -0.4 is 0 Å². The molecule has 0 spiro atoms. The highest BCUT2D eigenvalue weighted by Crippen LogP contribution is 2.39. The molecule has 2 atom stereocenters. The molecule has 2 heteroatoms. The molecule has 0 amide bonds. The van der Waals surface area contributed by atoms with Gasteiger partial charge < -0.3 is 4.74 Å². The lowest BCUT2D eigenvalue weighted by Gasteiger charge is -2.06. The van der Waals surface area contributed by atoms with Crippen LogP contribution in [-0.4, -0.2) is 12.2 Å². The minimum Gasteiger partial charge on any atom is -0.364 e. The van der Waals surface area contributed by atoms with Crippen LogP contribution in [0.2, 0.25) is 0 Å². The van der Waals surface area contributed by atoms with Gasteiger partial charge in [0.15, 0.2) is 0 Å². The van der Waals surface area contributed by atoms with Gasteiger partial charge in [-0.3, -0.25) is 0 Å². The van der Waals surface area contributed by atoms with Crippen LogP contribution in [0.1, 0.15) is 20.8 Å². The molecule has 0 aliphatic carbocycles. The SMILES string of the molecule is CC(C)/C=C(/Sc1ccccc1)[C@H]1O[C@@H]1C. The summed E-state index contributed by atoms with van der Waals surface area (Å²) in [4.78, 5) is 2.64. The predicted molar refractivity (Wildman–Crippen MR) is 69.6 cm³/mol. The van der Waals surface area contributed by atoms with E-state index in [2.05, 4.69) is 51.1 Å². The summed E-state index contributed by atoms with van der Waals surface area (Å²) < 4.78 is 5.56. The molecule has 0 aromatic heterocycles. The summed E-state index contributed by atoms with van der Waals surface area (Å²) >= 11 is 1.83. The van der Waals surface area contributed by atoms with Crippen LogP contribution in [0.25, 0.3) is 0 Å². The molecule has 0 radical (unpaired) electrons. The van der Waals surface area contributed by atoms with Gasteiger partial charge in [0.05, 0.1) is 6.10 Å². The molecule has 1 heterocycles. The van der Waals surface area contributed by atoms with Crippen molar-refractivity contribution in [3.8, 4) is 0 Å². The first-order valence-electron chi connectivity index (χ1n) is 5.77. The van der Waals surface area contributed by atoms with Crippen LogP contribution in [0.3, 0.4) is 0 Å². The standard InChI is InChI=1S/C14H18OS/c1-10(2)9-13(14-11(3)15-14)16-12-7-5-4-6-8-12/h4-11,14H,1-3H3/b13-9+/t11-,14+/m1/s1. The summed E-state index contributed by atoms with van der Waals surface area (Å²) in [5.74, 6) is 0.572. The topological polar surface area (TPSA) is 12.5 Å². The van der Waals surface area contributed by atoms with Crippen molar-refractivity contribution < 1.29 is 4.74 Å². The van der Waals surface area contributed by atoms with Gasteiger partial charge in [0, 0.05) is 9.80 Å². The average Bonchev–Trinajstić information content (AvgIpc) is 2.95. The van der Waals surface area contributed by atoms with Crippen LogP contribution in [0.15, 0.2) is 46.2 Å². The van der Waals surface area contributed by atoms with Crippen molar-refractivity contribution >= 4 is 11.8 Å². The highest BCUT2D eigenvalue weighted by atomic mass is 32.2. The lowest BCUT2D eigenvalue weighted by Crippen LogP contribution is -1.95. The quantitative estimate of drug-likeness (QED) is 0.574. The van der Waals surface area contributed by atoms with Gasteiger partial charge in [-0.25, -0.2) is 0 Å². The molecule has 0 bridgehead atoms. The van der Waals surface area contributed by atoms with E-state index in [1.807, 2.05) is 17.8 Å². The van der Waals surface area contributed by atoms with E-state index in [0.29, 0.717) is 18.1 Å². The fourth-order valence-electron chi connectivity index (χ4n) is 1.62. The normalized spacial score (nSPS) is 24.9. The second-order valence-corrected chi connectivity index (χ2v) is 5.64. The maximum atomic E-state index is 5.56. The first kappa shape index (κ1) is 11.7. The van der Waals surface area contributed by atoms with E-state index < -0.39 is 0 Å². The zero-order valence-corrected chi connectivity index (χ0v) is 10.8. The zero-order chi connectivity index (χ0) is 11.5. The molecule has 1 aromatic rings. The van der Waals surface area contributed by atoms with Crippen molar-refractivity contribution in [2.24, 2.45) is 5.92 Å². The lowest BCUT2D eigenvalue weighted by molar-refractivity contribution is 0.398. The second kappa shape index (κ2) is 5.07. The highest BCUT2D eigenvalue weighted by Gasteiger charge is 2.37. The van der Waals surface area contributed by atoms with Gasteiger partial charge in [0.2, 0.25) is 0 Å². The Hall–Kier alpha value is -0.730. The molecule has 1 nitrogen and oxygen atoms in total. The molecule has 1 saturated heterocycles. The zero-order valence-electron chi connectivity index (χ0n) is 10.0. The Morgan fingerprint density at radius 1 is 1.31 bits per heavy atom. The molecular formula is C14H18OS. The largest absolute Gasteiger partial charge is 0.364 e. The number of allylic oxidation sites excluding steroid dienone is 1. The number of epoxide rings is 1. The van der Waals surface area contributed by atoms with Gasteiger partial charge >= 0.3 is 0 Å². The van der Waals surface area contributed by atoms with E-state index in [9.17, 15) is 0 Å². The summed E-state index contributed by atoms with van der Waals surface area (Å²) in [6, 6.07) is 10.5. The Morgan fingerprint density at radius 3 is 2.44 bits per heavy atom. The van der Waals surface area contributed by atoms with Gasteiger partial charge in [0.1, 0.15) is 6.10 Å². The minimum absolute atomic E-state index is 0.326. The molecule has 0 saturated carbocycles. The number of hydrogen-bond donors (Lipinski definition) is 0. The molecular weight excluding hydrogens is 216 g/mol. The summed E-state index contributed by atoms with van der Waals surface area (Å²) in [6.07, 6.45) is 3.03. The number of benzene rings is 1. The Morgan fingerprint density at radius 2 is 1.94 bits per heavy atom. The van der Waals surface area contributed by atoms with E-state index in [0.717, 1.165) is 0 Å². The van der Waals surface area contributed by atoms with Crippen molar-refractivity contribution in [2.45, 2.75) is 37.9 Å². The summed E-state index contributed by atoms with van der Waals surface area (Å²) in [6.45, 7) is 6.54. The maximum Gasteiger partial charge on any atom is 0.115 e. The van der Waals surface area contributed by atoms with Crippen LogP contribution >= 0.6 is 11.8 Å². The number of ether oxygens (including phenoxy) is 1. The predicted octanol–water partition coefficient (Wildman–Crippen LogP) is 4.11. The second-order valence-electron chi connectivity index (χ2n) is 4.49. The van der Waals surface area contributed by atoms with Gasteiger partial charge in [0.25, 0.3) is 0 Å². The van der Waals surface area contributed by atoms with E-state index in [-0.39, 0.29) is 0 Å². The number of hydrogen-bond acceptors (Lipinski definition) is 2. The van der Waals surface area contributed by atoms with Gasteiger partial charge in [-0.1, -0.05) is 49.9 Å². The molecule has 1 aliphatic heterocycles. The Balaban J connectivity index is 2.09. The van der Waals surface area contributed by atoms with E-state index >= 15 is 0 Å². The van der Waals surface area contributed by atoms with Crippen molar-refractivity contribution in [1.29, 1.82) is 0 Å². The summed E-state index contributed by atoms with van der Waals surface area (Å²) in [7, 11) is 0. The third-order valence-electron chi connectivity index (χ3n) is 2.47. The Labute approximate surface area is 102 Å². The molecule has 0 N–H and O–H groups in total. The van der Waals surface area contributed by atoms with Crippen LogP contribution in [0.4, 0.5) is 0 Å². The smallest absolute Gasteiger partial charge is 0.115 e. The molecule has 1 aliphatic rings. The van der Waals surface area contributed by atoms with E-state index in [1.165, 1.54) is 9.80 Å². The van der Waals surface area contributed by atoms with Crippen molar-refractivity contribution in [1.82, 2.24) is 0 Å². The van der Waals surface area contributed by atoms with Crippen LogP contribution in [0.5, 0.6) is 0 Å². The molecule has 0 unspecified atom stereocenters. The van der Waals surface area contributed by atoms with Crippen molar-refractivity contribution in [3.63, 3.8) is 0 Å². The maximum absolute atomic E-state index is 5.56. The van der Waals surface area contributed by atoms with Gasteiger partial charge in [-0.2, -0.15) is 0 Å². The number of thioether (sulfide) groups is 1. The molecule has 1 fully saturated rings. The van der Waals surface area contributed by atoms with Crippen LogP contribution in [-0.2, 0) is 4.74 Å².